The van der Waals surface area contributed by atoms with Gasteiger partial charge in [0.25, 0.3) is 0 Å². The smallest absolute Gasteiger partial charge is 0.142 e. The Bertz CT molecular complexity index is 390. The van der Waals surface area contributed by atoms with Crippen molar-refractivity contribution >= 4 is 11.6 Å². The van der Waals surface area contributed by atoms with Crippen molar-refractivity contribution < 1.29 is 4.39 Å². The van der Waals surface area contributed by atoms with Crippen LogP contribution in [0.3, 0.4) is 0 Å². The lowest BCUT2D eigenvalue weighted by Gasteiger charge is -2.29. The normalized spacial score (nSPS) is 13.7. The molecule has 1 aromatic rings. The van der Waals surface area contributed by atoms with E-state index in [0.29, 0.717) is 6.04 Å². The van der Waals surface area contributed by atoms with Crippen molar-refractivity contribution in [2.75, 3.05) is 6.54 Å². The highest BCUT2D eigenvalue weighted by Crippen LogP contribution is 2.31. The third-order valence-electron chi connectivity index (χ3n) is 3.11. The number of benzene rings is 1. The molecule has 0 aromatic heterocycles. The van der Waals surface area contributed by atoms with E-state index in [0.717, 1.165) is 24.9 Å². The third kappa shape index (κ3) is 4.58. The second-order valence-electron chi connectivity index (χ2n) is 5.72. The molecule has 1 rings (SSSR count). The summed E-state index contributed by atoms with van der Waals surface area (Å²) in [6.45, 7) is 9.65. The van der Waals surface area contributed by atoms with Crippen LogP contribution >= 0.6 is 11.6 Å². The summed E-state index contributed by atoms with van der Waals surface area (Å²) < 4.78 is 13.4. The molecule has 1 nitrogen and oxygen atoms in total. The fraction of sp³-hybridized carbons (Fsp3) is 0.600. The molecule has 0 heterocycles. The SMILES string of the molecule is CCNC(C)CC(C)(C)Cc1cccc(F)c1Cl. The van der Waals surface area contributed by atoms with Gasteiger partial charge in [-0.1, -0.05) is 44.5 Å². The van der Waals surface area contributed by atoms with Crippen LogP contribution in [-0.2, 0) is 6.42 Å². The van der Waals surface area contributed by atoms with E-state index in [9.17, 15) is 4.39 Å². The molecule has 0 amide bonds. The van der Waals surface area contributed by atoms with Crippen molar-refractivity contribution in [3.05, 3.63) is 34.6 Å². The summed E-state index contributed by atoms with van der Waals surface area (Å²) in [5.74, 6) is -0.329. The Labute approximate surface area is 115 Å². The molecule has 0 radical (unpaired) electrons. The van der Waals surface area contributed by atoms with E-state index in [2.05, 4.69) is 33.0 Å². The van der Waals surface area contributed by atoms with Crippen LogP contribution in [0, 0.1) is 11.2 Å². The van der Waals surface area contributed by atoms with Crippen molar-refractivity contribution in [1.29, 1.82) is 0 Å². The minimum atomic E-state index is -0.329. The van der Waals surface area contributed by atoms with E-state index in [1.807, 2.05) is 6.07 Å². The molecular formula is C15H23ClFN. The van der Waals surface area contributed by atoms with E-state index < -0.39 is 0 Å². The average Bonchev–Trinajstić information content (AvgIpc) is 2.24. The van der Waals surface area contributed by atoms with Gasteiger partial charge < -0.3 is 5.32 Å². The number of rotatable bonds is 6. The molecule has 18 heavy (non-hydrogen) atoms. The second-order valence-corrected chi connectivity index (χ2v) is 6.09. The Morgan fingerprint density at radius 1 is 1.39 bits per heavy atom. The predicted octanol–water partition coefficient (Wildman–Crippen LogP) is 4.44. The topological polar surface area (TPSA) is 12.0 Å². The van der Waals surface area contributed by atoms with Gasteiger partial charge in [0.15, 0.2) is 0 Å². The van der Waals surface area contributed by atoms with Crippen LogP contribution < -0.4 is 5.32 Å². The van der Waals surface area contributed by atoms with Gasteiger partial charge >= 0.3 is 0 Å². The predicted molar refractivity (Wildman–Crippen MR) is 76.7 cm³/mol. The summed E-state index contributed by atoms with van der Waals surface area (Å²) >= 11 is 6.01. The standard InChI is InChI=1S/C15H23ClFN/c1-5-18-11(2)9-15(3,4)10-12-7-6-8-13(17)14(12)16/h6-8,11,18H,5,9-10H2,1-4H3. The minimum absolute atomic E-state index is 0.0962. The van der Waals surface area contributed by atoms with Gasteiger partial charge in [-0.15, -0.1) is 0 Å². The van der Waals surface area contributed by atoms with Gasteiger partial charge in [-0.2, -0.15) is 0 Å². The zero-order chi connectivity index (χ0) is 13.8. The van der Waals surface area contributed by atoms with Crippen molar-refractivity contribution in [2.24, 2.45) is 5.41 Å². The molecule has 1 N–H and O–H groups in total. The molecular weight excluding hydrogens is 249 g/mol. The molecule has 1 unspecified atom stereocenters. The summed E-state index contributed by atoms with van der Waals surface area (Å²) in [4.78, 5) is 0. The van der Waals surface area contributed by atoms with Crippen LogP contribution in [0.4, 0.5) is 4.39 Å². The third-order valence-corrected chi connectivity index (χ3v) is 3.54. The van der Waals surface area contributed by atoms with Gasteiger partial charge in [0.1, 0.15) is 5.82 Å². The van der Waals surface area contributed by atoms with Crippen LogP contribution in [-0.4, -0.2) is 12.6 Å². The largest absolute Gasteiger partial charge is 0.315 e. The summed E-state index contributed by atoms with van der Waals surface area (Å²) in [7, 11) is 0. The number of hydrogen-bond donors (Lipinski definition) is 1. The van der Waals surface area contributed by atoms with Gasteiger partial charge in [-0.3, -0.25) is 0 Å². The zero-order valence-corrected chi connectivity index (χ0v) is 12.4. The first kappa shape index (κ1) is 15.5. The summed E-state index contributed by atoms with van der Waals surface area (Å²) in [6, 6.07) is 5.49. The lowest BCUT2D eigenvalue weighted by molar-refractivity contribution is 0.288. The Kier molecular flexibility index (Phi) is 5.61. The van der Waals surface area contributed by atoms with Crippen LogP contribution in [0.5, 0.6) is 0 Å². The molecule has 0 saturated carbocycles. The lowest BCUT2D eigenvalue weighted by Crippen LogP contribution is -2.32. The first-order valence-corrected chi connectivity index (χ1v) is 6.90. The maximum Gasteiger partial charge on any atom is 0.142 e. The van der Waals surface area contributed by atoms with Gasteiger partial charge in [0.2, 0.25) is 0 Å². The van der Waals surface area contributed by atoms with Crippen LogP contribution in [0.1, 0.15) is 39.7 Å². The van der Waals surface area contributed by atoms with Crippen molar-refractivity contribution in [1.82, 2.24) is 5.32 Å². The van der Waals surface area contributed by atoms with Gasteiger partial charge in [0.05, 0.1) is 5.02 Å². The highest BCUT2D eigenvalue weighted by Gasteiger charge is 2.23. The first-order chi connectivity index (χ1) is 8.35. The number of nitrogens with one attached hydrogen (secondary N) is 1. The van der Waals surface area contributed by atoms with E-state index in [1.54, 1.807) is 6.07 Å². The molecule has 0 aliphatic heterocycles. The summed E-state index contributed by atoms with van der Waals surface area (Å²) in [5.41, 5.74) is 0.990. The molecule has 102 valence electrons. The van der Waals surface area contributed by atoms with Gasteiger partial charge in [0, 0.05) is 6.04 Å². The Balaban J connectivity index is 2.72. The van der Waals surface area contributed by atoms with Gasteiger partial charge in [-0.05, 0) is 43.4 Å². The molecule has 3 heteroatoms. The highest BCUT2D eigenvalue weighted by molar-refractivity contribution is 6.31. The molecule has 0 bridgehead atoms. The van der Waals surface area contributed by atoms with E-state index in [-0.39, 0.29) is 16.3 Å². The van der Waals surface area contributed by atoms with E-state index in [1.165, 1.54) is 6.07 Å². The molecule has 0 aliphatic rings. The molecule has 1 atom stereocenters. The first-order valence-electron chi connectivity index (χ1n) is 6.52. The Morgan fingerprint density at radius 3 is 2.67 bits per heavy atom. The van der Waals surface area contributed by atoms with Crippen LogP contribution in [0.15, 0.2) is 18.2 Å². The molecule has 0 saturated heterocycles. The second kappa shape index (κ2) is 6.53. The summed E-state index contributed by atoms with van der Waals surface area (Å²) in [5, 5.41) is 3.67. The van der Waals surface area contributed by atoms with Crippen LogP contribution in [0.2, 0.25) is 5.02 Å². The lowest BCUT2D eigenvalue weighted by atomic mass is 9.80. The quantitative estimate of drug-likeness (QED) is 0.807. The number of hydrogen-bond acceptors (Lipinski definition) is 1. The van der Waals surface area contributed by atoms with Crippen molar-refractivity contribution in [3.8, 4) is 0 Å². The van der Waals surface area contributed by atoms with Crippen molar-refractivity contribution in [2.45, 2.75) is 46.6 Å². The number of halogens is 2. The highest BCUT2D eigenvalue weighted by atomic mass is 35.5. The Hall–Kier alpha value is -0.600. The molecule has 1 aromatic carbocycles. The van der Waals surface area contributed by atoms with Crippen LogP contribution in [0.25, 0.3) is 0 Å². The zero-order valence-electron chi connectivity index (χ0n) is 11.7. The molecule has 0 aliphatic carbocycles. The fourth-order valence-electron chi connectivity index (χ4n) is 2.52. The average molecular weight is 272 g/mol. The van der Waals surface area contributed by atoms with E-state index in [4.69, 9.17) is 11.6 Å². The molecule has 0 spiro atoms. The van der Waals surface area contributed by atoms with E-state index >= 15 is 0 Å². The monoisotopic (exact) mass is 271 g/mol. The molecule has 0 fully saturated rings. The fourth-order valence-corrected chi connectivity index (χ4v) is 2.72. The minimum Gasteiger partial charge on any atom is -0.315 e. The summed E-state index contributed by atoms with van der Waals surface area (Å²) in [6.07, 6.45) is 1.83. The maximum absolute atomic E-state index is 13.4. The Morgan fingerprint density at radius 2 is 2.06 bits per heavy atom. The van der Waals surface area contributed by atoms with Crippen molar-refractivity contribution in [3.63, 3.8) is 0 Å². The van der Waals surface area contributed by atoms with Gasteiger partial charge in [-0.25, -0.2) is 4.39 Å². The maximum atomic E-state index is 13.4.